The number of benzene rings is 3. The highest BCUT2D eigenvalue weighted by Crippen LogP contribution is 2.40. The third kappa shape index (κ3) is 3.98. The minimum Gasteiger partial charge on any atom is -0.312 e. The lowest BCUT2D eigenvalue weighted by molar-refractivity contribution is -0.116. The summed E-state index contributed by atoms with van der Waals surface area (Å²) in [4.78, 5) is 13.9. The lowest BCUT2D eigenvalue weighted by atomic mass is 10.1. The zero-order valence-corrected chi connectivity index (χ0v) is 19.8. The summed E-state index contributed by atoms with van der Waals surface area (Å²) in [5, 5.41) is 0. The molecular formula is C27H28N2O3S. The fourth-order valence-electron chi connectivity index (χ4n) is 5.07. The van der Waals surface area contributed by atoms with Gasteiger partial charge in [0.2, 0.25) is 15.9 Å². The quantitative estimate of drug-likeness (QED) is 0.550. The molecule has 0 aromatic heterocycles. The van der Waals surface area contributed by atoms with E-state index in [1.807, 2.05) is 43.3 Å². The number of amides is 1. The maximum absolute atomic E-state index is 14.1. The maximum Gasteiger partial charge on any atom is 0.243 e. The van der Waals surface area contributed by atoms with Gasteiger partial charge in [-0.05, 0) is 66.6 Å². The monoisotopic (exact) mass is 460 g/mol. The number of carbonyl (C=O) groups excluding carboxylic acids is 1. The van der Waals surface area contributed by atoms with E-state index in [-0.39, 0.29) is 11.9 Å². The predicted octanol–water partition coefficient (Wildman–Crippen LogP) is 4.78. The molecule has 0 fully saturated rings. The number of carbonyl (C=O) groups is 1. The van der Waals surface area contributed by atoms with Gasteiger partial charge in [0.05, 0.1) is 10.9 Å². The van der Waals surface area contributed by atoms with Crippen LogP contribution in [0, 0.1) is 6.92 Å². The molecule has 5 rings (SSSR count). The van der Waals surface area contributed by atoms with Gasteiger partial charge in [-0.15, -0.1) is 0 Å². The molecule has 0 N–H and O–H groups in total. The first kappa shape index (κ1) is 21.9. The van der Waals surface area contributed by atoms with Crippen molar-refractivity contribution >= 4 is 21.6 Å². The van der Waals surface area contributed by atoms with Crippen molar-refractivity contribution in [1.82, 2.24) is 4.31 Å². The first-order valence-corrected chi connectivity index (χ1v) is 12.8. The Morgan fingerprint density at radius 3 is 2.52 bits per heavy atom. The molecule has 2 aliphatic rings. The minimum absolute atomic E-state index is 0.0204. The van der Waals surface area contributed by atoms with Gasteiger partial charge >= 0.3 is 0 Å². The van der Waals surface area contributed by atoms with Crippen molar-refractivity contribution in [3.63, 3.8) is 0 Å². The number of anilines is 1. The van der Waals surface area contributed by atoms with Crippen LogP contribution < -0.4 is 4.90 Å². The van der Waals surface area contributed by atoms with Crippen molar-refractivity contribution in [3.8, 4) is 0 Å². The van der Waals surface area contributed by atoms with E-state index in [0.717, 1.165) is 40.8 Å². The van der Waals surface area contributed by atoms with Crippen LogP contribution >= 0.6 is 0 Å². The lowest BCUT2D eigenvalue weighted by Crippen LogP contribution is -2.33. The van der Waals surface area contributed by atoms with Gasteiger partial charge < -0.3 is 4.90 Å². The highest BCUT2D eigenvalue weighted by atomic mass is 32.2. The number of aryl methyl sites for hydroxylation is 2. The molecule has 0 saturated carbocycles. The Morgan fingerprint density at radius 2 is 1.76 bits per heavy atom. The molecule has 1 amide bonds. The van der Waals surface area contributed by atoms with E-state index < -0.39 is 10.0 Å². The second kappa shape index (κ2) is 8.43. The second-order valence-electron chi connectivity index (χ2n) is 9.00. The molecule has 1 aliphatic carbocycles. The molecule has 3 aromatic rings. The molecule has 5 nitrogen and oxygen atoms in total. The van der Waals surface area contributed by atoms with Crippen LogP contribution in [-0.2, 0) is 34.2 Å². The molecule has 33 heavy (non-hydrogen) atoms. The Kier molecular flexibility index (Phi) is 5.59. The average Bonchev–Trinajstić information content (AvgIpc) is 3.42. The van der Waals surface area contributed by atoms with E-state index in [1.165, 1.54) is 5.56 Å². The zero-order valence-electron chi connectivity index (χ0n) is 19.0. The summed E-state index contributed by atoms with van der Waals surface area (Å²) in [7, 11) is -3.76. The smallest absolute Gasteiger partial charge is 0.243 e. The molecular weight excluding hydrogens is 432 g/mol. The summed E-state index contributed by atoms with van der Waals surface area (Å²) in [5.74, 6) is -0.0204. The largest absolute Gasteiger partial charge is 0.312 e. The number of rotatable bonds is 5. The van der Waals surface area contributed by atoms with Crippen molar-refractivity contribution in [2.75, 3.05) is 11.4 Å². The van der Waals surface area contributed by atoms with Crippen molar-refractivity contribution in [3.05, 3.63) is 94.5 Å². The Bertz CT molecular complexity index is 1320. The Labute approximate surface area is 195 Å². The Hall–Kier alpha value is -2.96. The SMILES string of the molecule is CC(=O)N1CCc2cc(S(=O)(=O)N(Cc3ccc(C)cc3)C3CCc4ccccc43)ccc21. The molecule has 0 saturated heterocycles. The molecule has 170 valence electrons. The number of sulfonamides is 1. The molecule has 1 heterocycles. The number of hydrogen-bond donors (Lipinski definition) is 0. The van der Waals surface area contributed by atoms with Crippen LogP contribution in [0.25, 0.3) is 0 Å². The third-order valence-electron chi connectivity index (χ3n) is 6.84. The van der Waals surface area contributed by atoms with E-state index in [0.29, 0.717) is 24.4 Å². The van der Waals surface area contributed by atoms with Gasteiger partial charge in [0.25, 0.3) is 0 Å². The van der Waals surface area contributed by atoms with Gasteiger partial charge in [-0.25, -0.2) is 8.42 Å². The normalized spacial score (nSPS) is 17.3. The molecule has 1 atom stereocenters. The Morgan fingerprint density at radius 1 is 1.00 bits per heavy atom. The molecule has 0 radical (unpaired) electrons. The van der Waals surface area contributed by atoms with Crippen LogP contribution in [0.1, 0.15) is 47.2 Å². The fraction of sp³-hybridized carbons (Fsp3) is 0.296. The average molecular weight is 461 g/mol. The molecule has 1 aliphatic heterocycles. The molecule has 1 unspecified atom stereocenters. The first-order chi connectivity index (χ1) is 15.8. The minimum atomic E-state index is -3.76. The highest BCUT2D eigenvalue weighted by molar-refractivity contribution is 7.89. The van der Waals surface area contributed by atoms with Crippen LogP contribution in [0.2, 0.25) is 0 Å². The second-order valence-corrected chi connectivity index (χ2v) is 10.9. The summed E-state index contributed by atoms with van der Waals surface area (Å²) in [5.41, 5.74) is 6.16. The predicted molar refractivity (Wildman–Crippen MR) is 130 cm³/mol. The van der Waals surface area contributed by atoms with Gasteiger partial charge in [0.1, 0.15) is 0 Å². The van der Waals surface area contributed by atoms with Gasteiger partial charge in [-0.2, -0.15) is 4.31 Å². The van der Waals surface area contributed by atoms with Crippen LogP contribution in [0.3, 0.4) is 0 Å². The summed E-state index contributed by atoms with van der Waals surface area (Å²) in [6, 6.07) is 21.2. The van der Waals surface area contributed by atoms with Crippen LogP contribution in [0.15, 0.2) is 71.6 Å². The first-order valence-electron chi connectivity index (χ1n) is 11.4. The van der Waals surface area contributed by atoms with E-state index in [2.05, 4.69) is 12.1 Å². The third-order valence-corrected chi connectivity index (χ3v) is 8.69. The van der Waals surface area contributed by atoms with Crippen LogP contribution in [0.5, 0.6) is 0 Å². The molecule has 3 aromatic carbocycles. The zero-order chi connectivity index (χ0) is 23.2. The fourth-order valence-corrected chi connectivity index (χ4v) is 6.75. The topological polar surface area (TPSA) is 57.7 Å². The Balaban J connectivity index is 1.56. The van der Waals surface area contributed by atoms with Gasteiger partial charge in [-0.3, -0.25) is 4.79 Å². The van der Waals surface area contributed by atoms with Crippen molar-refractivity contribution < 1.29 is 13.2 Å². The summed E-state index contributed by atoms with van der Waals surface area (Å²) in [6.45, 7) is 4.48. The van der Waals surface area contributed by atoms with Crippen molar-refractivity contribution in [2.24, 2.45) is 0 Å². The standard InChI is InChI=1S/C27H28N2O3S/c1-19-7-9-21(10-8-19)18-29(27-13-11-22-5-3-4-6-25(22)27)33(31,32)24-12-14-26-23(17-24)15-16-28(26)20(2)30/h3-10,12,14,17,27H,11,13,15-16,18H2,1-2H3. The van der Waals surface area contributed by atoms with E-state index in [4.69, 9.17) is 0 Å². The van der Waals surface area contributed by atoms with E-state index >= 15 is 0 Å². The number of nitrogens with zero attached hydrogens (tertiary/aromatic N) is 2. The van der Waals surface area contributed by atoms with E-state index in [1.54, 1.807) is 34.3 Å². The van der Waals surface area contributed by atoms with Gasteiger partial charge in [0.15, 0.2) is 0 Å². The molecule has 6 heteroatoms. The molecule has 0 spiro atoms. The van der Waals surface area contributed by atoms with Crippen LogP contribution in [0.4, 0.5) is 5.69 Å². The number of fused-ring (bicyclic) bond motifs is 2. The van der Waals surface area contributed by atoms with E-state index in [9.17, 15) is 13.2 Å². The summed E-state index contributed by atoms with van der Waals surface area (Å²) >= 11 is 0. The van der Waals surface area contributed by atoms with Gasteiger partial charge in [0, 0.05) is 25.7 Å². The number of hydrogen-bond acceptors (Lipinski definition) is 3. The van der Waals surface area contributed by atoms with Gasteiger partial charge in [-0.1, -0.05) is 54.1 Å². The molecule has 0 bridgehead atoms. The van der Waals surface area contributed by atoms with Crippen molar-refractivity contribution in [2.45, 2.75) is 50.6 Å². The van der Waals surface area contributed by atoms with Crippen LogP contribution in [-0.4, -0.2) is 25.2 Å². The van der Waals surface area contributed by atoms with Crippen molar-refractivity contribution in [1.29, 1.82) is 0 Å². The maximum atomic E-state index is 14.1. The lowest BCUT2D eigenvalue weighted by Gasteiger charge is -2.29. The highest BCUT2D eigenvalue weighted by Gasteiger charge is 2.37. The summed E-state index contributed by atoms with van der Waals surface area (Å²) in [6.07, 6.45) is 2.31. The summed E-state index contributed by atoms with van der Waals surface area (Å²) < 4.78 is 29.8.